The van der Waals surface area contributed by atoms with E-state index in [1.165, 1.54) is 18.4 Å². The summed E-state index contributed by atoms with van der Waals surface area (Å²) < 4.78 is 0. The third-order valence-corrected chi connectivity index (χ3v) is 4.02. The van der Waals surface area contributed by atoms with Crippen molar-refractivity contribution in [2.24, 2.45) is 5.92 Å². The van der Waals surface area contributed by atoms with Gasteiger partial charge in [-0.3, -0.25) is 0 Å². The van der Waals surface area contributed by atoms with E-state index in [1.807, 2.05) is 0 Å². The van der Waals surface area contributed by atoms with E-state index in [1.54, 1.807) is 6.07 Å². The van der Waals surface area contributed by atoms with E-state index in [0.717, 1.165) is 12.1 Å². The summed E-state index contributed by atoms with van der Waals surface area (Å²) in [6.45, 7) is 5.29. The summed E-state index contributed by atoms with van der Waals surface area (Å²) >= 11 is 0. The molecule has 3 rings (SSSR count). The first-order chi connectivity index (χ1) is 11.8. The van der Waals surface area contributed by atoms with Crippen LogP contribution in [0.5, 0.6) is 0 Å². The Labute approximate surface area is 175 Å². The van der Waals surface area contributed by atoms with Crippen molar-refractivity contribution in [3.05, 3.63) is 96.1 Å². The van der Waals surface area contributed by atoms with Crippen molar-refractivity contribution < 1.29 is 17.1 Å². The molecule has 1 unspecified atom stereocenters. The average Bonchev–Trinajstić information content (AvgIpc) is 3.35. The summed E-state index contributed by atoms with van der Waals surface area (Å²) in [4.78, 5) is 0. The predicted molar refractivity (Wildman–Crippen MR) is 102 cm³/mol. The largest absolute Gasteiger partial charge is 0.999 e. The Hall–Kier alpha value is -1.31. The monoisotopic (exact) mass is 403 g/mol. The van der Waals surface area contributed by atoms with Gasteiger partial charge in [0.2, 0.25) is 0 Å². The van der Waals surface area contributed by atoms with Gasteiger partial charge in [0.15, 0.2) is 0 Å². The molecule has 0 aliphatic carbocycles. The number of hydrogen-bond acceptors (Lipinski definition) is 1. The van der Waals surface area contributed by atoms with Crippen LogP contribution in [0.1, 0.15) is 43.9 Å². The summed E-state index contributed by atoms with van der Waals surface area (Å²) in [7, 11) is 0. The van der Waals surface area contributed by atoms with Crippen LogP contribution in [0.2, 0.25) is 0 Å². The Morgan fingerprint density at radius 1 is 0.962 bits per heavy atom. The summed E-state index contributed by atoms with van der Waals surface area (Å²) in [5.74, 6) is 0.644. The molecule has 3 aromatic rings. The van der Waals surface area contributed by atoms with E-state index < -0.39 is 0 Å². The molecule has 0 aliphatic heterocycles. The van der Waals surface area contributed by atoms with E-state index in [-0.39, 0.29) is 29.5 Å². The van der Waals surface area contributed by atoms with Gasteiger partial charge in [-0.25, -0.2) is 0 Å². The molecule has 0 aromatic heterocycles. The third-order valence-electron chi connectivity index (χ3n) is 4.02. The molecule has 0 radical (unpaired) electrons. The Morgan fingerprint density at radius 3 is 2.00 bits per heavy atom. The minimum absolute atomic E-state index is 0. The fourth-order valence-electron chi connectivity index (χ4n) is 2.70. The quantitative estimate of drug-likeness (QED) is 0.437. The van der Waals surface area contributed by atoms with Gasteiger partial charge < -0.3 is 65.5 Å². The van der Waals surface area contributed by atoms with Crippen LogP contribution >= 0.6 is 12.4 Å². The Morgan fingerprint density at radius 2 is 1.54 bits per heavy atom. The Balaban J connectivity index is 0.000000774. The SMILES string of the molecule is CCC(CC)C(NC[c-]1[c-][c-][c-][c-]1)c1ccccc1.Cl.[Fe].[c-]1[c-][c-][cH-][c-]1. The van der Waals surface area contributed by atoms with Gasteiger partial charge in [0, 0.05) is 23.1 Å². The zero-order valence-corrected chi connectivity index (χ0v) is 16.9. The third kappa shape index (κ3) is 8.38. The van der Waals surface area contributed by atoms with E-state index in [2.05, 4.69) is 98.0 Å². The predicted octanol–water partition coefficient (Wildman–Crippen LogP) is 4.90. The molecule has 1 nitrogen and oxygen atoms in total. The maximum absolute atomic E-state index is 3.64. The molecule has 0 spiro atoms. The van der Waals surface area contributed by atoms with Crippen LogP contribution in [0.3, 0.4) is 0 Å². The summed E-state index contributed by atoms with van der Waals surface area (Å²) in [6, 6.07) is 34.7. The van der Waals surface area contributed by atoms with Gasteiger partial charge in [-0.2, -0.15) is 6.54 Å². The summed E-state index contributed by atoms with van der Waals surface area (Å²) in [5.41, 5.74) is 2.36. The van der Waals surface area contributed by atoms with Crippen molar-refractivity contribution >= 4 is 12.4 Å². The summed E-state index contributed by atoms with van der Waals surface area (Å²) in [6.07, 6.45) is 2.35. The van der Waals surface area contributed by atoms with Crippen LogP contribution in [-0.2, 0) is 23.6 Å². The molecule has 1 atom stereocenters. The molecule has 1 N–H and O–H groups in total. The van der Waals surface area contributed by atoms with Crippen molar-refractivity contribution in [1.29, 1.82) is 0 Å². The molecule has 3 aromatic carbocycles. The Bertz CT molecular complexity index is 598. The van der Waals surface area contributed by atoms with Crippen molar-refractivity contribution in [3.8, 4) is 0 Å². The van der Waals surface area contributed by atoms with Crippen LogP contribution in [0.15, 0.2) is 36.4 Å². The molecule has 144 valence electrons. The minimum Gasteiger partial charge on any atom is -0.999 e. The maximum Gasteiger partial charge on any atom is 0.0325 e. The first-order valence-electron chi connectivity index (χ1n) is 8.34. The molecule has 0 fully saturated rings. The molecule has 0 saturated carbocycles. The first kappa shape index (κ1) is 24.7. The molecule has 0 amide bonds. The fraction of sp³-hybridized carbons (Fsp3) is 0.304. The average molecular weight is 404 g/mol. The zero-order valence-electron chi connectivity index (χ0n) is 15.0. The maximum atomic E-state index is 3.64. The molecular weight excluding hydrogens is 382 g/mol. The van der Waals surface area contributed by atoms with Gasteiger partial charge in [0.1, 0.15) is 0 Å². The van der Waals surface area contributed by atoms with Gasteiger partial charge in [0.05, 0.1) is 0 Å². The molecule has 0 aliphatic rings. The van der Waals surface area contributed by atoms with Crippen molar-refractivity contribution in [3.63, 3.8) is 0 Å². The first-order valence-corrected chi connectivity index (χ1v) is 8.34. The fourth-order valence-corrected chi connectivity index (χ4v) is 2.70. The Kier molecular flexibility index (Phi) is 14.1. The van der Waals surface area contributed by atoms with E-state index in [9.17, 15) is 0 Å². The van der Waals surface area contributed by atoms with E-state index in [4.69, 9.17) is 0 Å². The molecule has 3 heteroatoms. The second-order valence-electron chi connectivity index (χ2n) is 5.51. The molecule has 26 heavy (non-hydrogen) atoms. The van der Waals surface area contributed by atoms with Crippen LogP contribution in [0.4, 0.5) is 0 Å². The van der Waals surface area contributed by atoms with E-state index >= 15 is 0 Å². The van der Waals surface area contributed by atoms with Gasteiger partial charge in [-0.05, 0) is 11.5 Å². The van der Waals surface area contributed by atoms with Crippen molar-refractivity contribution in [1.82, 2.24) is 5.32 Å². The van der Waals surface area contributed by atoms with Crippen molar-refractivity contribution in [2.45, 2.75) is 39.3 Å². The van der Waals surface area contributed by atoms with E-state index in [0.29, 0.717) is 12.0 Å². The van der Waals surface area contributed by atoms with Crippen LogP contribution in [0.25, 0.3) is 0 Å². The van der Waals surface area contributed by atoms with Crippen molar-refractivity contribution in [2.75, 3.05) is 0 Å². The van der Waals surface area contributed by atoms with Gasteiger partial charge in [-0.15, -0.1) is 12.4 Å². The second-order valence-corrected chi connectivity index (χ2v) is 5.51. The standard InChI is InChI=1S/C18H20N.C5H.ClH.Fe/c1-3-16(4-2)18(17-12-6-5-7-13-17)19-14-15-10-8-9-11-15;1-2-4-5-3-1;;/h5-7,12-13,16,18-19H,3-4,14H2,1-2H3;1H;1H;/q2*-5;;. The van der Waals surface area contributed by atoms with Gasteiger partial charge >= 0.3 is 0 Å². The minimum atomic E-state index is 0. The number of hydrogen-bond donors (Lipinski definition) is 1. The summed E-state index contributed by atoms with van der Waals surface area (Å²) in [5, 5.41) is 3.64. The number of benzene rings is 1. The normalized spacial score (nSPS) is 10.9. The molecule has 0 bridgehead atoms. The zero-order chi connectivity index (χ0) is 17.0. The van der Waals surface area contributed by atoms with Gasteiger partial charge in [-0.1, -0.05) is 57.0 Å². The van der Waals surface area contributed by atoms with Crippen LogP contribution in [-0.4, -0.2) is 0 Å². The number of nitrogens with one attached hydrogen (secondary N) is 1. The molecule has 0 heterocycles. The second kappa shape index (κ2) is 14.8. The smallest absolute Gasteiger partial charge is 0.0325 e. The molecular formula is C23H22ClFeN-10. The van der Waals surface area contributed by atoms with Crippen LogP contribution in [0, 0.1) is 54.4 Å². The topological polar surface area (TPSA) is 12.0 Å². The number of halogens is 1. The molecule has 0 saturated heterocycles. The number of rotatable bonds is 7. The van der Waals surface area contributed by atoms with Crippen LogP contribution < -0.4 is 5.32 Å². The van der Waals surface area contributed by atoms with Gasteiger partial charge in [0.25, 0.3) is 0 Å².